The van der Waals surface area contributed by atoms with E-state index >= 15 is 0 Å². The molecular weight excluding hydrogens is 369 g/mol. The molecule has 1 aromatic heterocycles. The van der Waals surface area contributed by atoms with Crippen LogP contribution in [-0.4, -0.2) is 58.8 Å². The zero-order valence-corrected chi connectivity index (χ0v) is 17.2. The van der Waals surface area contributed by atoms with Gasteiger partial charge in [0, 0.05) is 54.7 Å². The van der Waals surface area contributed by atoms with E-state index in [0.29, 0.717) is 31.1 Å². The van der Waals surface area contributed by atoms with Gasteiger partial charge in [0.25, 0.3) is 0 Å². The fourth-order valence-corrected chi connectivity index (χ4v) is 4.36. The average molecular weight is 397 g/mol. The Morgan fingerprint density at radius 2 is 1.69 bits per heavy atom. The van der Waals surface area contributed by atoms with Gasteiger partial charge in [0.1, 0.15) is 5.82 Å². The minimum Gasteiger partial charge on any atom is -0.340 e. The molecule has 1 aliphatic heterocycles. The van der Waals surface area contributed by atoms with E-state index in [9.17, 15) is 14.0 Å². The number of aromatic nitrogens is 1. The number of benzene rings is 1. The number of hydrogen-bond acceptors (Lipinski definition) is 3. The summed E-state index contributed by atoms with van der Waals surface area (Å²) in [5, 5.41) is 0. The Kier molecular flexibility index (Phi) is 5.54. The maximum Gasteiger partial charge on any atom is 0.225 e. The number of Topliss-reactive ketones (excluding diaryl/α,β-unsaturated/α-hetero) is 1. The third kappa shape index (κ3) is 3.99. The topological polar surface area (TPSA) is 45.6 Å². The van der Waals surface area contributed by atoms with E-state index in [-0.39, 0.29) is 17.5 Å². The van der Waals surface area contributed by atoms with E-state index in [1.54, 1.807) is 12.1 Å². The van der Waals surface area contributed by atoms with Crippen LogP contribution in [0.15, 0.2) is 30.3 Å². The van der Waals surface area contributed by atoms with Crippen molar-refractivity contribution in [3.63, 3.8) is 0 Å². The minimum atomic E-state index is -0.276. The Morgan fingerprint density at radius 1 is 1.03 bits per heavy atom. The number of piperazine rings is 1. The van der Waals surface area contributed by atoms with Crippen molar-refractivity contribution in [3.05, 3.63) is 53.1 Å². The summed E-state index contributed by atoms with van der Waals surface area (Å²) in [6, 6.07) is 8.22. The molecule has 5 nitrogen and oxygen atoms in total. The Bertz CT molecular complexity index is 907. The molecule has 1 saturated heterocycles. The predicted octanol–water partition coefficient (Wildman–Crippen LogP) is 3.36. The molecule has 2 fully saturated rings. The lowest BCUT2D eigenvalue weighted by atomic mass is 9.84. The van der Waals surface area contributed by atoms with Gasteiger partial charge >= 0.3 is 0 Å². The van der Waals surface area contributed by atoms with Gasteiger partial charge in [0.15, 0.2) is 5.78 Å². The summed E-state index contributed by atoms with van der Waals surface area (Å²) in [5.41, 5.74) is 3.38. The lowest BCUT2D eigenvalue weighted by molar-refractivity contribution is -0.139. The molecule has 29 heavy (non-hydrogen) atoms. The maximum atomic E-state index is 13.2. The summed E-state index contributed by atoms with van der Waals surface area (Å²) < 4.78 is 15.2. The van der Waals surface area contributed by atoms with Gasteiger partial charge in [0.05, 0.1) is 6.54 Å². The summed E-state index contributed by atoms with van der Waals surface area (Å²) in [6.07, 6.45) is 3.23. The number of amides is 1. The van der Waals surface area contributed by atoms with Gasteiger partial charge in [-0.3, -0.25) is 14.5 Å². The molecule has 1 amide bonds. The summed E-state index contributed by atoms with van der Waals surface area (Å²) in [7, 11) is 0. The van der Waals surface area contributed by atoms with Gasteiger partial charge < -0.3 is 9.47 Å². The molecule has 0 N–H and O–H groups in total. The highest BCUT2D eigenvalue weighted by molar-refractivity contribution is 5.99. The number of rotatable bonds is 5. The van der Waals surface area contributed by atoms with Crippen molar-refractivity contribution >= 4 is 11.7 Å². The quantitative estimate of drug-likeness (QED) is 0.727. The molecule has 2 heterocycles. The summed E-state index contributed by atoms with van der Waals surface area (Å²) in [5.74, 6) is 0.345. The zero-order valence-electron chi connectivity index (χ0n) is 17.2. The third-order valence-electron chi connectivity index (χ3n) is 6.32. The smallest absolute Gasteiger partial charge is 0.225 e. The van der Waals surface area contributed by atoms with Crippen LogP contribution in [0.1, 0.15) is 41.0 Å². The number of aryl methyl sites for hydroxylation is 1. The molecule has 154 valence electrons. The second kappa shape index (κ2) is 8.11. The number of carbonyl (C=O) groups excluding carboxylic acids is 2. The van der Waals surface area contributed by atoms with E-state index in [1.165, 1.54) is 18.6 Å². The van der Waals surface area contributed by atoms with Crippen LogP contribution in [0, 0.1) is 25.6 Å². The SMILES string of the molecule is Cc1cc(C(=O)CN2CCN(C(=O)C3CCC3)CC2)c(C)n1-c1ccc(F)cc1. The molecule has 0 radical (unpaired) electrons. The first kappa shape index (κ1) is 19.8. The number of carbonyl (C=O) groups is 2. The van der Waals surface area contributed by atoms with Crippen molar-refractivity contribution in [2.24, 2.45) is 5.92 Å². The molecule has 2 aliphatic rings. The van der Waals surface area contributed by atoms with Crippen LogP contribution < -0.4 is 0 Å². The lowest BCUT2D eigenvalue weighted by Crippen LogP contribution is -2.52. The van der Waals surface area contributed by atoms with Crippen LogP contribution in [0.25, 0.3) is 5.69 Å². The molecular formula is C23H28FN3O2. The molecule has 2 aromatic rings. The third-order valence-corrected chi connectivity index (χ3v) is 6.32. The Hall–Kier alpha value is -2.47. The minimum absolute atomic E-state index is 0.0882. The molecule has 1 saturated carbocycles. The van der Waals surface area contributed by atoms with Gasteiger partial charge in [-0.2, -0.15) is 0 Å². The number of ketones is 1. The molecule has 1 aliphatic carbocycles. The Morgan fingerprint density at radius 3 is 2.28 bits per heavy atom. The van der Waals surface area contributed by atoms with Gasteiger partial charge in [-0.15, -0.1) is 0 Å². The summed E-state index contributed by atoms with van der Waals surface area (Å²) >= 11 is 0. The Balaban J connectivity index is 1.40. The number of halogens is 1. The molecule has 0 atom stereocenters. The normalized spacial score (nSPS) is 18.0. The first-order valence-corrected chi connectivity index (χ1v) is 10.4. The second-order valence-electron chi connectivity index (χ2n) is 8.25. The summed E-state index contributed by atoms with van der Waals surface area (Å²) in [6.45, 7) is 7.13. The van der Waals surface area contributed by atoms with E-state index in [2.05, 4.69) is 4.90 Å². The fraction of sp³-hybridized carbons (Fsp3) is 0.478. The number of hydrogen-bond donors (Lipinski definition) is 0. The standard InChI is InChI=1S/C23H28FN3O2/c1-16-14-21(17(2)27(16)20-8-6-19(24)7-9-20)22(28)15-25-10-12-26(13-11-25)23(29)18-4-3-5-18/h6-9,14,18H,3-5,10-13,15H2,1-2H3. The van der Waals surface area contributed by atoms with Crippen molar-refractivity contribution in [2.45, 2.75) is 33.1 Å². The van der Waals surface area contributed by atoms with Crippen LogP contribution >= 0.6 is 0 Å². The highest BCUT2D eigenvalue weighted by Gasteiger charge is 2.31. The summed E-state index contributed by atoms with van der Waals surface area (Å²) in [4.78, 5) is 29.5. The highest BCUT2D eigenvalue weighted by Crippen LogP contribution is 2.28. The average Bonchev–Trinajstić information content (AvgIpc) is 2.96. The molecule has 4 rings (SSSR count). The maximum absolute atomic E-state index is 13.2. The van der Waals surface area contributed by atoms with E-state index in [4.69, 9.17) is 0 Å². The first-order chi connectivity index (χ1) is 13.9. The molecule has 6 heteroatoms. The van der Waals surface area contributed by atoms with Crippen molar-refractivity contribution < 1.29 is 14.0 Å². The van der Waals surface area contributed by atoms with Crippen molar-refractivity contribution in [1.82, 2.24) is 14.4 Å². The monoisotopic (exact) mass is 397 g/mol. The van der Waals surface area contributed by atoms with E-state index in [0.717, 1.165) is 43.0 Å². The van der Waals surface area contributed by atoms with Gasteiger partial charge in [0.2, 0.25) is 5.91 Å². The second-order valence-corrected chi connectivity index (χ2v) is 8.25. The van der Waals surface area contributed by atoms with E-state index in [1.807, 2.05) is 29.4 Å². The molecule has 0 unspecified atom stereocenters. The van der Waals surface area contributed by atoms with Crippen LogP contribution in [0.3, 0.4) is 0 Å². The number of nitrogens with zero attached hydrogens (tertiary/aromatic N) is 3. The van der Waals surface area contributed by atoms with Crippen LogP contribution in [-0.2, 0) is 4.79 Å². The highest BCUT2D eigenvalue weighted by atomic mass is 19.1. The van der Waals surface area contributed by atoms with Gasteiger partial charge in [-0.05, 0) is 57.0 Å². The van der Waals surface area contributed by atoms with Crippen molar-refractivity contribution in [3.8, 4) is 5.69 Å². The lowest BCUT2D eigenvalue weighted by Gasteiger charge is -2.38. The van der Waals surface area contributed by atoms with E-state index < -0.39 is 0 Å². The van der Waals surface area contributed by atoms with Crippen LogP contribution in [0.4, 0.5) is 4.39 Å². The van der Waals surface area contributed by atoms with Gasteiger partial charge in [-0.1, -0.05) is 6.42 Å². The van der Waals surface area contributed by atoms with Crippen molar-refractivity contribution in [1.29, 1.82) is 0 Å². The van der Waals surface area contributed by atoms with Crippen LogP contribution in [0.2, 0.25) is 0 Å². The largest absolute Gasteiger partial charge is 0.340 e. The Labute approximate surface area is 171 Å². The van der Waals surface area contributed by atoms with Crippen molar-refractivity contribution in [2.75, 3.05) is 32.7 Å². The molecule has 1 aromatic carbocycles. The molecule has 0 bridgehead atoms. The van der Waals surface area contributed by atoms with Gasteiger partial charge in [-0.25, -0.2) is 4.39 Å². The predicted molar refractivity (Wildman–Crippen MR) is 110 cm³/mol. The zero-order chi connectivity index (χ0) is 20.5. The first-order valence-electron chi connectivity index (χ1n) is 10.4. The van der Waals surface area contributed by atoms with Crippen LogP contribution in [0.5, 0.6) is 0 Å². The fourth-order valence-electron chi connectivity index (χ4n) is 4.36. The molecule has 0 spiro atoms.